The van der Waals surface area contributed by atoms with Gasteiger partial charge in [-0.1, -0.05) is 36.4 Å². The summed E-state index contributed by atoms with van der Waals surface area (Å²) in [6.45, 7) is 4.62. The molecule has 0 aliphatic carbocycles. The van der Waals surface area contributed by atoms with E-state index in [9.17, 15) is 19.8 Å². The van der Waals surface area contributed by atoms with Crippen molar-refractivity contribution in [2.24, 2.45) is 5.92 Å². The molecule has 2 aromatic carbocycles. The summed E-state index contributed by atoms with van der Waals surface area (Å²) in [4.78, 5) is 34.0. The number of hydrogen-bond donors (Lipinski definition) is 4. The Morgan fingerprint density at radius 2 is 1.63 bits per heavy atom. The van der Waals surface area contributed by atoms with Gasteiger partial charge in [0.2, 0.25) is 0 Å². The van der Waals surface area contributed by atoms with Crippen molar-refractivity contribution in [1.82, 2.24) is 15.3 Å². The van der Waals surface area contributed by atoms with E-state index in [-0.39, 0.29) is 17.5 Å². The van der Waals surface area contributed by atoms with Crippen LogP contribution < -0.4 is 10.2 Å². The number of amides is 1. The molecular weight excluding hydrogens is 484 g/mol. The van der Waals surface area contributed by atoms with Crippen LogP contribution >= 0.6 is 0 Å². The number of rotatable bonds is 9. The molecular formula is C29H34N4O5. The second kappa shape index (κ2) is 12.0. The molecule has 4 N–H and O–H groups in total. The lowest BCUT2D eigenvalue weighted by Gasteiger charge is -2.33. The number of benzene rings is 2. The van der Waals surface area contributed by atoms with Gasteiger partial charge in [0, 0.05) is 25.2 Å². The number of carbonyl (C=O) groups excluding carboxylic acids is 1. The molecule has 200 valence electrons. The van der Waals surface area contributed by atoms with Gasteiger partial charge in [0.1, 0.15) is 12.4 Å². The van der Waals surface area contributed by atoms with Crippen molar-refractivity contribution < 1.29 is 24.9 Å². The molecule has 2 heterocycles. The number of nitrogens with zero attached hydrogens (tertiary/aromatic N) is 3. The number of aromatic nitrogens is 2. The summed E-state index contributed by atoms with van der Waals surface area (Å²) in [5, 5.41) is 30.8. The second-order valence-electron chi connectivity index (χ2n) is 9.93. The summed E-state index contributed by atoms with van der Waals surface area (Å²) in [7, 11) is 0. The Balaban J connectivity index is 1.34. The molecule has 9 heteroatoms. The zero-order valence-corrected chi connectivity index (χ0v) is 21.7. The van der Waals surface area contributed by atoms with Gasteiger partial charge in [-0.2, -0.15) is 0 Å². The van der Waals surface area contributed by atoms with Crippen molar-refractivity contribution in [2.45, 2.75) is 45.6 Å². The summed E-state index contributed by atoms with van der Waals surface area (Å²) < 4.78 is 0. The maximum absolute atomic E-state index is 12.3. The zero-order valence-electron chi connectivity index (χ0n) is 21.7. The van der Waals surface area contributed by atoms with E-state index in [2.05, 4.69) is 68.7 Å². The average molecular weight is 519 g/mol. The van der Waals surface area contributed by atoms with Gasteiger partial charge in [-0.25, -0.2) is 9.97 Å². The van der Waals surface area contributed by atoms with Crippen LogP contribution in [0.4, 0.5) is 5.69 Å². The van der Waals surface area contributed by atoms with Crippen molar-refractivity contribution in [3.05, 3.63) is 71.3 Å². The van der Waals surface area contributed by atoms with E-state index in [1.165, 1.54) is 5.69 Å². The maximum atomic E-state index is 12.3. The first kappa shape index (κ1) is 27.1. The van der Waals surface area contributed by atoms with E-state index in [4.69, 9.17) is 5.11 Å². The van der Waals surface area contributed by atoms with Crippen LogP contribution in [0.15, 0.2) is 48.5 Å². The first-order valence-electron chi connectivity index (χ1n) is 12.9. The van der Waals surface area contributed by atoms with Gasteiger partial charge >= 0.3 is 5.97 Å². The number of aliphatic hydroxyl groups is 1. The van der Waals surface area contributed by atoms with Crippen LogP contribution in [-0.4, -0.2) is 62.9 Å². The molecule has 0 saturated carbocycles. The molecule has 1 saturated heterocycles. The lowest BCUT2D eigenvalue weighted by Crippen LogP contribution is -2.34. The van der Waals surface area contributed by atoms with Crippen molar-refractivity contribution >= 4 is 17.6 Å². The van der Waals surface area contributed by atoms with E-state index in [1.807, 2.05) is 0 Å². The minimum absolute atomic E-state index is 0.191. The molecule has 4 rings (SSSR count). The molecule has 38 heavy (non-hydrogen) atoms. The number of anilines is 1. The number of carbonyl (C=O) groups is 2. The number of carboxylic acids is 1. The van der Waals surface area contributed by atoms with Gasteiger partial charge in [0.15, 0.2) is 11.4 Å². The van der Waals surface area contributed by atoms with Crippen LogP contribution in [0.1, 0.15) is 47.3 Å². The SMILES string of the molecule is Cc1nc(CC2CCN(c3ccc(-c4ccc(C[C@@H](C)O)cc4)cc3)CC2)nc(C(=O)NCC(=O)O)c1O. The molecule has 1 aliphatic heterocycles. The van der Waals surface area contributed by atoms with Gasteiger partial charge in [-0.3, -0.25) is 9.59 Å². The summed E-state index contributed by atoms with van der Waals surface area (Å²) >= 11 is 0. The first-order valence-corrected chi connectivity index (χ1v) is 12.9. The first-order chi connectivity index (χ1) is 18.2. The highest BCUT2D eigenvalue weighted by molar-refractivity contribution is 5.96. The quantitative estimate of drug-likeness (QED) is 0.339. The topological polar surface area (TPSA) is 136 Å². The van der Waals surface area contributed by atoms with E-state index >= 15 is 0 Å². The molecule has 0 spiro atoms. The van der Waals surface area contributed by atoms with Crippen LogP contribution in [0.5, 0.6) is 5.75 Å². The van der Waals surface area contributed by atoms with Crippen LogP contribution in [0.2, 0.25) is 0 Å². The number of aryl methyl sites for hydroxylation is 1. The Labute approximate surface area is 222 Å². The van der Waals surface area contributed by atoms with Gasteiger partial charge in [-0.15, -0.1) is 0 Å². The second-order valence-corrected chi connectivity index (χ2v) is 9.93. The average Bonchev–Trinajstić information content (AvgIpc) is 2.90. The third-order valence-corrected chi connectivity index (χ3v) is 6.86. The zero-order chi connectivity index (χ0) is 27.2. The number of nitrogens with one attached hydrogen (secondary N) is 1. The number of aliphatic carboxylic acids is 1. The van der Waals surface area contributed by atoms with Gasteiger partial charge in [0.25, 0.3) is 5.91 Å². The normalized spacial score (nSPS) is 14.8. The van der Waals surface area contributed by atoms with Gasteiger partial charge < -0.3 is 25.5 Å². The Bertz CT molecular complexity index is 1270. The highest BCUT2D eigenvalue weighted by Gasteiger charge is 2.23. The van der Waals surface area contributed by atoms with Crippen molar-refractivity contribution in [3.8, 4) is 16.9 Å². The molecule has 3 aromatic rings. The highest BCUT2D eigenvalue weighted by Crippen LogP contribution is 2.29. The Hall–Kier alpha value is -3.98. The minimum atomic E-state index is -1.17. The predicted molar refractivity (Wildman–Crippen MR) is 144 cm³/mol. The van der Waals surface area contributed by atoms with E-state index < -0.39 is 18.4 Å². The molecule has 0 bridgehead atoms. The lowest BCUT2D eigenvalue weighted by molar-refractivity contribution is -0.135. The third-order valence-electron chi connectivity index (χ3n) is 6.86. The van der Waals surface area contributed by atoms with E-state index in [0.29, 0.717) is 30.3 Å². The van der Waals surface area contributed by atoms with Crippen LogP contribution in [-0.2, 0) is 17.6 Å². The molecule has 1 fully saturated rings. The third kappa shape index (κ3) is 6.86. The van der Waals surface area contributed by atoms with Crippen LogP contribution in [0, 0.1) is 12.8 Å². The Kier molecular flexibility index (Phi) is 8.58. The number of hydrogen-bond acceptors (Lipinski definition) is 7. The van der Waals surface area contributed by atoms with E-state index in [1.54, 1.807) is 13.8 Å². The standard InChI is InChI=1S/C29H34N4O5/c1-18(34)15-20-3-5-22(6-4-20)23-7-9-24(10-8-23)33-13-11-21(12-14-33)16-25-31-19(2)28(37)27(32-25)29(38)30-17-26(35)36/h3-10,18,21,34,37H,11-17H2,1-2H3,(H,30,38)(H,35,36)/t18-/m1/s1. The monoisotopic (exact) mass is 518 g/mol. The largest absolute Gasteiger partial charge is 0.504 e. The minimum Gasteiger partial charge on any atom is -0.504 e. The maximum Gasteiger partial charge on any atom is 0.322 e. The summed E-state index contributed by atoms with van der Waals surface area (Å²) in [5.41, 5.74) is 4.69. The predicted octanol–water partition coefficient (Wildman–Crippen LogP) is 3.35. The number of aromatic hydroxyl groups is 1. The van der Waals surface area contributed by atoms with Crippen molar-refractivity contribution in [1.29, 1.82) is 0 Å². The summed E-state index contributed by atoms with van der Waals surface area (Å²) in [5.74, 6) is -1.42. The Morgan fingerprint density at radius 1 is 1.03 bits per heavy atom. The van der Waals surface area contributed by atoms with Crippen LogP contribution in [0.3, 0.4) is 0 Å². The molecule has 0 radical (unpaired) electrons. The molecule has 1 aromatic heterocycles. The summed E-state index contributed by atoms with van der Waals surface area (Å²) in [6.07, 6.45) is 2.76. The number of piperidine rings is 1. The molecule has 1 aliphatic rings. The summed E-state index contributed by atoms with van der Waals surface area (Å²) in [6, 6.07) is 16.9. The van der Waals surface area contributed by atoms with E-state index in [0.717, 1.165) is 42.6 Å². The fourth-order valence-corrected chi connectivity index (χ4v) is 4.81. The van der Waals surface area contributed by atoms with Gasteiger partial charge in [-0.05, 0) is 67.9 Å². The smallest absolute Gasteiger partial charge is 0.322 e. The molecule has 1 amide bonds. The number of carboxylic acid groups (broad SMARTS) is 1. The lowest BCUT2D eigenvalue weighted by atomic mass is 9.92. The highest BCUT2D eigenvalue weighted by atomic mass is 16.4. The fraction of sp³-hybridized carbons (Fsp3) is 0.379. The molecule has 1 atom stereocenters. The van der Waals surface area contributed by atoms with Crippen molar-refractivity contribution in [3.63, 3.8) is 0 Å². The number of aliphatic hydroxyl groups excluding tert-OH is 1. The van der Waals surface area contributed by atoms with Crippen molar-refractivity contribution in [2.75, 3.05) is 24.5 Å². The van der Waals surface area contributed by atoms with Crippen LogP contribution in [0.25, 0.3) is 11.1 Å². The molecule has 0 unspecified atom stereocenters. The molecule has 9 nitrogen and oxygen atoms in total. The van der Waals surface area contributed by atoms with Gasteiger partial charge in [0.05, 0.1) is 11.8 Å². The Morgan fingerprint density at radius 3 is 2.21 bits per heavy atom. The fourth-order valence-electron chi connectivity index (χ4n) is 4.81.